The standard InChI is InChI=1S/C22H18F3N7O2/c1-14(32-13-26-12-27-32)20(33)28-16-4-6-17(7-5-16)29-21(34)15-2-8-18(9-3-15)31-11-10-19(30-31)22(23,24)25/h2-14H,1H3,(H,28,33)(H,29,34). The highest BCUT2D eigenvalue weighted by Gasteiger charge is 2.33. The minimum atomic E-state index is -4.53. The number of nitrogens with zero attached hydrogens (tertiary/aromatic N) is 5. The van der Waals surface area contributed by atoms with Gasteiger partial charge in [0, 0.05) is 23.1 Å². The first kappa shape index (κ1) is 22.7. The average molecular weight is 469 g/mol. The lowest BCUT2D eigenvalue weighted by molar-refractivity contribution is -0.141. The molecular formula is C22H18F3N7O2. The van der Waals surface area contributed by atoms with Crippen molar-refractivity contribution in [3.63, 3.8) is 0 Å². The molecule has 1 unspecified atom stereocenters. The normalized spacial score (nSPS) is 12.2. The maximum atomic E-state index is 12.7. The van der Waals surface area contributed by atoms with Crippen LogP contribution in [0.15, 0.2) is 73.4 Å². The van der Waals surface area contributed by atoms with Gasteiger partial charge in [-0.1, -0.05) is 0 Å². The summed E-state index contributed by atoms with van der Waals surface area (Å²) in [4.78, 5) is 28.6. The number of alkyl halides is 3. The van der Waals surface area contributed by atoms with E-state index in [0.717, 1.165) is 10.7 Å². The minimum absolute atomic E-state index is 0.276. The molecule has 0 saturated carbocycles. The fourth-order valence-corrected chi connectivity index (χ4v) is 3.01. The summed E-state index contributed by atoms with van der Waals surface area (Å²) >= 11 is 0. The number of halogens is 3. The molecule has 0 aliphatic carbocycles. The van der Waals surface area contributed by atoms with Crippen LogP contribution >= 0.6 is 0 Å². The van der Waals surface area contributed by atoms with Gasteiger partial charge in [-0.25, -0.2) is 14.3 Å². The molecule has 4 rings (SSSR count). The maximum absolute atomic E-state index is 12.7. The number of rotatable bonds is 6. The molecule has 2 heterocycles. The van der Waals surface area contributed by atoms with Crippen LogP contribution in [0.3, 0.4) is 0 Å². The summed E-state index contributed by atoms with van der Waals surface area (Å²) < 4.78 is 40.7. The number of anilines is 2. The van der Waals surface area contributed by atoms with Crippen LogP contribution in [-0.2, 0) is 11.0 Å². The number of aromatic nitrogens is 5. The molecular weight excluding hydrogens is 451 g/mol. The number of hydrogen-bond donors (Lipinski definition) is 2. The SMILES string of the molecule is CC(C(=O)Nc1ccc(NC(=O)c2ccc(-n3ccc(C(F)(F)F)n3)cc2)cc1)n1cncn1. The van der Waals surface area contributed by atoms with Crippen molar-refractivity contribution in [2.24, 2.45) is 0 Å². The van der Waals surface area contributed by atoms with Gasteiger partial charge in [-0.2, -0.15) is 23.4 Å². The van der Waals surface area contributed by atoms with Gasteiger partial charge in [-0.05, 0) is 61.5 Å². The predicted octanol–water partition coefficient (Wildman–Crippen LogP) is 3.93. The van der Waals surface area contributed by atoms with Crippen LogP contribution in [-0.4, -0.2) is 36.4 Å². The monoisotopic (exact) mass is 469 g/mol. The Kier molecular flexibility index (Phi) is 6.13. The lowest BCUT2D eigenvalue weighted by atomic mass is 10.2. The zero-order valence-electron chi connectivity index (χ0n) is 17.7. The first-order valence-corrected chi connectivity index (χ1v) is 10.0. The molecule has 0 spiro atoms. The number of benzene rings is 2. The van der Waals surface area contributed by atoms with Gasteiger partial charge in [0.25, 0.3) is 5.91 Å². The summed E-state index contributed by atoms with van der Waals surface area (Å²) in [5.41, 5.74) is 0.732. The molecule has 2 amide bonds. The summed E-state index contributed by atoms with van der Waals surface area (Å²) in [6.07, 6.45) is -0.538. The summed E-state index contributed by atoms with van der Waals surface area (Å²) in [5.74, 6) is -0.679. The van der Waals surface area contributed by atoms with E-state index in [-0.39, 0.29) is 5.91 Å². The number of carbonyl (C=O) groups is 2. The van der Waals surface area contributed by atoms with Gasteiger partial charge in [-0.3, -0.25) is 9.59 Å². The van der Waals surface area contributed by atoms with Crippen molar-refractivity contribution in [2.75, 3.05) is 10.6 Å². The van der Waals surface area contributed by atoms with Crippen molar-refractivity contribution >= 4 is 23.2 Å². The smallest absolute Gasteiger partial charge is 0.324 e. The third-order valence-electron chi connectivity index (χ3n) is 4.90. The van der Waals surface area contributed by atoms with Gasteiger partial charge in [-0.15, -0.1) is 0 Å². The van der Waals surface area contributed by atoms with E-state index < -0.39 is 23.8 Å². The van der Waals surface area contributed by atoms with Crippen LogP contribution in [0.25, 0.3) is 5.69 Å². The molecule has 2 N–H and O–H groups in total. The molecule has 4 aromatic rings. The van der Waals surface area contributed by atoms with E-state index in [1.807, 2.05) is 0 Å². The molecule has 0 radical (unpaired) electrons. The van der Waals surface area contributed by atoms with Crippen LogP contribution in [0.4, 0.5) is 24.5 Å². The molecule has 9 nitrogen and oxygen atoms in total. The highest BCUT2D eigenvalue weighted by molar-refractivity contribution is 6.04. The number of hydrogen-bond acceptors (Lipinski definition) is 5. The summed E-state index contributed by atoms with van der Waals surface area (Å²) in [6, 6.07) is 12.8. The molecule has 0 aliphatic rings. The number of nitrogens with one attached hydrogen (secondary N) is 2. The Bertz CT molecular complexity index is 1280. The minimum Gasteiger partial charge on any atom is -0.324 e. The van der Waals surface area contributed by atoms with Crippen molar-refractivity contribution in [1.82, 2.24) is 24.5 Å². The second kappa shape index (κ2) is 9.17. The third kappa shape index (κ3) is 5.11. The van der Waals surface area contributed by atoms with Crippen molar-refractivity contribution in [3.8, 4) is 5.69 Å². The average Bonchev–Trinajstić information content (AvgIpc) is 3.52. The number of amides is 2. The Labute approximate surface area is 191 Å². The zero-order valence-corrected chi connectivity index (χ0v) is 17.7. The van der Waals surface area contributed by atoms with E-state index in [0.29, 0.717) is 22.6 Å². The van der Waals surface area contributed by atoms with E-state index in [4.69, 9.17) is 0 Å². The lowest BCUT2D eigenvalue weighted by Gasteiger charge is -2.12. The Morgan fingerprint density at radius 1 is 0.941 bits per heavy atom. The first-order chi connectivity index (χ1) is 16.2. The lowest BCUT2D eigenvalue weighted by Crippen LogP contribution is -2.24. The molecule has 2 aromatic carbocycles. The van der Waals surface area contributed by atoms with Gasteiger partial charge in [0.05, 0.1) is 5.69 Å². The van der Waals surface area contributed by atoms with Crippen LogP contribution in [0.5, 0.6) is 0 Å². The van der Waals surface area contributed by atoms with Gasteiger partial charge >= 0.3 is 6.18 Å². The maximum Gasteiger partial charge on any atom is 0.435 e. The van der Waals surface area contributed by atoms with Crippen LogP contribution in [0, 0.1) is 0 Å². The van der Waals surface area contributed by atoms with E-state index >= 15 is 0 Å². The molecule has 1 atom stereocenters. The Morgan fingerprint density at radius 3 is 2.15 bits per heavy atom. The molecule has 174 valence electrons. The molecule has 12 heteroatoms. The fraction of sp³-hybridized carbons (Fsp3) is 0.136. The second-order valence-corrected chi connectivity index (χ2v) is 7.26. The van der Waals surface area contributed by atoms with Gasteiger partial charge in [0.2, 0.25) is 5.91 Å². The summed E-state index contributed by atoms with van der Waals surface area (Å²) in [7, 11) is 0. The molecule has 2 aromatic heterocycles. The highest BCUT2D eigenvalue weighted by Crippen LogP contribution is 2.28. The quantitative estimate of drug-likeness (QED) is 0.445. The van der Waals surface area contributed by atoms with Crippen LogP contribution in [0.2, 0.25) is 0 Å². The van der Waals surface area contributed by atoms with E-state index in [1.54, 1.807) is 31.2 Å². The Balaban J connectivity index is 1.36. The summed E-state index contributed by atoms with van der Waals surface area (Å²) in [5, 5.41) is 12.9. The van der Waals surface area contributed by atoms with Gasteiger partial charge < -0.3 is 10.6 Å². The van der Waals surface area contributed by atoms with E-state index in [1.165, 1.54) is 47.8 Å². The Hall–Kier alpha value is -4.48. The van der Waals surface area contributed by atoms with Crippen molar-refractivity contribution < 1.29 is 22.8 Å². The first-order valence-electron chi connectivity index (χ1n) is 10.0. The zero-order chi connectivity index (χ0) is 24.3. The van der Waals surface area contributed by atoms with Crippen molar-refractivity contribution in [3.05, 3.63) is 84.7 Å². The Morgan fingerprint density at radius 2 is 1.59 bits per heavy atom. The molecule has 0 fully saturated rings. The molecule has 0 saturated heterocycles. The van der Waals surface area contributed by atoms with Gasteiger partial charge in [0.1, 0.15) is 18.7 Å². The van der Waals surface area contributed by atoms with E-state index in [2.05, 4.69) is 25.8 Å². The third-order valence-corrected chi connectivity index (χ3v) is 4.90. The molecule has 0 aliphatic heterocycles. The molecule has 0 bridgehead atoms. The van der Waals surface area contributed by atoms with Crippen LogP contribution in [0.1, 0.15) is 29.0 Å². The number of carbonyl (C=O) groups excluding carboxylic acids is 2. The second-order valence-electron chi connectivity index (χ2n) is 7.26. The highest BCUT2D eigenvalue weighted by atomic mass is 19.4. The topological polar surface area (TPSA) is 107 Å². The summed E-state index contributed by atoms with van der Waals surface area (Å²) in [6.45, 7) is 1.69. The van der Waals surface area contributed by atoms with Crippen molar-refractivity contribution in [2.45, 2.75) is 19.1 Å². The van der Waals surface area contributed by atoms with Gasteiger partial charge in [0.15, 0.2) is 5.69 Å². The van der Waals surface area contributed by atoms with Crippen LogP contribution < -0.4 is 10.6 Å². The predicted molar refractivity (Wildman–Crippen MR) is 116 cm³/mol. The molecule has 34 heavy (non-hydrogen) atoms. The van der Waals surface area contributed by atoms with Crippen molar-refractivity contribution in [1.29, 1.82) is 0 Å². The van der Waals surface area contributed by atoms with E-state index in [9.17, 15) is 22.8 Å². The fourth-order valence-electron chi connectivity index (χ4n) is 3.01. The largest absolute Gasteiger partial charge is 0.435 e.